The minimum atomic E-state index is 0.549. The van der Waals surface area contributed by atoms with Crippen LogP contribution in [-0.2, 0) is 11.3 Å². The fourth-order valence-electron chi connectivity index (χ4n) is 1.44. The predicted molar refractivity (Wildman–Crippen MR) is 60.3 cm³/mol. The van der Waals surface area contributed by atoms with E-state index in [1.54, 1.807) is 0 Å². The van der Waals surface area contributed by atoms with Crippen molar-refractivity contribution in [3.63, 3.8) is 0 Å². The van der Waals surface area contributed by atoms with Crippen molar-refractivity contribution in [2.24, 2.45) is 0 Å². The summed E-state index contributed by atoms with van der Waals surface area (Å²) in [7, 11) is 0. The van der Waals surface area contributed by atoms with E-state index in [1.165, 1.54) is 11.1 Å². The summed E-state index contributed by atoms with van der Waals surface area (Å²) in [5, 5.41) is 3.46. The highest BCUT2D eigenvalue weighted by Gasteiger charge is 2.17. The van der Waals surface area contributed by atoms with Crippen molar-refractivity contribution in [2.45, 2.75) is 19.5 Å². The topological polar surface area (TPSA) is 21.3 Å². The molecule has 0 spiro atoms. The van der Waals surface area contributed by atoms with Gasteiger partial charge in [0.25, 0.3) is 0 Å². The lowest BCUT2D eigenvalue weighted by atomic mass is 10.1. The number of hydrogen-bond acceptors (Lipinski definition) is 2. The smallest absolute Gasteiger partial charge is 0.0643 e. The van der Waals surface area contributed by atoms with Gasteiger partial charge in [0.05, 0.1) is 19.3 Å². The van der Waals surface area contributed by atoms with Crippen molar-refractivity contribution in [3.05, 3.63) is 33.8 Å². The summed E-state index contributed by atoms with van der Waals surface area (Å²) in [4.78, 5) is 0. The van der Waals surface area contributed by atoms with Crippen LogP contribution < -0.4 is 5.32 Å². The molecule has 0 bridgehead atoms. The van der Waals surface area contributed by atoms with E-state index in [4.69, 9.17) is 4.74 Å². The third-order valence-corrected chi connectivity index (χ3v) is 3.02. The Hall–Kier alpha value is -0.380. The number of hydrogen-bond donors (Lipinski definition) is 1. The van der Waals surface area contributed by atoms with Gasteiger partial charge in [-0.2, -0.15) is 0 Å². The molecule has 2 rings (SSSR count). The van der Waals surface area contributed by atoms with Crippen LogP contribution in [0.2, 0.25) is 0 Å². The van der Waals surface area contributed by atoms with Gasteiger partial charge in [-0.1, -0.05) is 22.0 Å². The van der Waals surface area contributed by atoms with Gasteiger partial charge in [-0.3, -0.25) is 0 Å². The first-order valence-electron chi connectivity index (χ1n) is 4.82. The highest BCUT2D eigenvalue weighted by Crippen LogP contribution is 2.16. The SMILES string of the molecule is Cc1ccc(Br)cc1CNC1COC1. The Morgan fingerprint density at radius 2 is 2.29 bits per heavy atom. The van der Waals surface area contributed by atoms with E-state index in [-0.39, 0.29) is 0 Å². The van der Waals surface area contributed by atoms with E-state index in [9.17, 15) is 0 Å². The Bertz CT molecular complexity index is 323. The quantitative estimate of drug-likeness (QED) is 0.895. The molecule has 3 heteroatoms. The van der Waals surface area contributed by atoms with E-state index in [1.807, 2.05) is 0 Å². The molecule has 1 aliphatic heterocycles. The zero-order valence-electron chi connectivity index (χ0n) is 8.22. The van der Waals surface area contributed by atoms with Crippen LogP contribution in [0.25, 0.3) is 0 Å². The molecule has 2 nitrogen and oxygen atoms in total. The molecule has 0 amide bonds. The van der Waals surface area contributed by atoms with Crippen molar-refractivity contribution >= 4 is 15.9 Å². The van der Waals surface area contributed by atoms with Crippen LogP contribution in [0.15, 0.2) is 22.7 Å². The van der Waals surface area contributed by atoms with Crippen molar-refractivity contribution < 1.29 is 4.74 Å². The van der Waals surface area contributed by atoms with Crippen LogP contribution in [-0.4, -0.2) is 19.3 Å². The summed E-state index contributed by atoms with van der Waals surface area (Å²) >= 11 is 3.48. The van der Waals surface area contributed by atoms with E-state index >= 15 is 0 Å². The lowest BCUT2D eigenvalue weighted by molar-refractivity contribution is -0.00580. The van der Waals surface area contributed by atoms with E-state index in [2.05, 4.69) is 46.4 Å². The second kappa shape index (κ2) is 4.43. The Morgan fingerprint density at radius 1 is 1.50 bits per heavy atom. The first-order valence-corrected chi connectivity index (χ1v) is 5.61. The summed E-state index contributed by atoms with van der Waals surface area (Å²) in [6.07, 6.45) is 0. The molecule has 1 fully saturated rings. The Kier molecular flexibility index (Phi) is 3.21. The van der Waals surface area contributed by atoms with Crippen LogP contribution >= 0.6 is 15.9 Å². The summed E-state index contributed by atoms with van der Waals surface area (Å²) in [5.41, 5.74) is 2.69. The van der Waals surface area contributed by atoms with Crippen molar-refractivity contribution in [1.29, 1.82) is 0 Å². The zero-order valence-corrected chi connectivity index (χ0v) is 9.80. The van der Waals surface area contributed by atoms with Gasteiger partial charge in [-0.15, -0.1) is 0 Å². The minimum Gasteiger partial charge on any atom is -0.378 e. The molecule has 1 saturated heterocycles. The van der Waals surface area contributed by atoms with Crippen molar-refractivity contribution in [3.8, 4) is 0 Å². The maximum absolute atomic E-state index is 5.11. The second-order valence-electron chi connectivity index (χ2n) is 3.69. The van der Waals surface area contributed by atoms with Crippen molar-refractivity contribution in [2.75, 3.05) is 13.2 Å². The highest BCUT2D eigenvalue weighted by molar-refractivity contribution is 9.10. The van der Waals surface area contributed by atoms with Gasteiger partial charge in [0.15, 0.2) is 0 Å². The standard InChI is InChI=1S/C11H14BrNO/c1-8-2-3-10(12)4-9(8)5-13-11-6-14-7-11/h2-4,11,13H,5-7H2,1H3. The molecule has 1 aromatic carbocycles. The lowest BCUT2D eigenvalue weighted by Gasteiger charge is -2.27. The maximum Gasteiger partial charge on any atom is 0.0643 e. The average Bonchev–Trinajstić information content (AvgIpc) is 2.08. The lowest BCUT2D eigenvalue weighted by Crippen LogP contribution is -2.45. The van der Waals surface area contributed by atoms with Crippen LogP contribution in [0.5, 0.6) is 0 Å². The van der Waals surface area contributed by atoms with Gasteiger partial charge in [0, 0.05) is 11.0 Å². The highest BCUT2D eigenvalue weighted by atomic mass is 79.9. The Balaban J connectivity index is 1.96. The predicted octanol–water partition coefficient (Wildman–Crippen LogP) is 2.25. The number of halogens is 1. The molecular formula is C11H14BrNO. The summed E-state index contributed by atoms with van der Waals surface area (Å²) < 4.78 is 6.25. The van der Waals surface area contributed by atoms with Gasteiger partial charge < -0.3 is 10.1 Å². The summed E-state index contributed by atoms with van der Waals surface area (Å²) in [6, 6.07) is 6.93. The van der Waals surface area contributed by atoms with Gasteiger partial charge in [-0.25, -0.2) is 0 Å². The fourth-order valence-corrected chi connectivity index (χ4v) is 1.85. The number of nitrogens with one attached hydrogen (secondary N) is 1. The average molecular weight is 256 g/mol. The largest absolute Gasteiger partial charge is 0.378 e. The van der Waals surface area contributed by atoms with Crippen LogP contribution in [0, 0.1) is 6.92 Å². The van der Waals surface area contributed by atoms with Gasteiger partial charge >= 0.3 is 0 Å². The van der Waals surface area contributed by atoms with Crippen LogP contribution in [0.1, 0.15) is 11.1 Å². The molecule has 0 saturated carbocycles. The second-order valence-corrected chi connectivity index (χ2v) is 4.60. The molecule has 0 unspecified atom stereocenters. The molecule has 14 heavy (non-hydrogen) atoms. The molecule has 76 valence electrons. The molecule has 1 aromatic rings. The first-order chi connectivity index (χ1) is 6.75. The van der Waals surface area contributed by atoms with Crippen LogP contribution in [0.3, 0.4) is 0 Å². The molecule has 0 aliphatic carbocycles. The molecule has 1 heterocycles. The summed E-state index contributed by atoms with van der Waals surface area (Å²) in [6.45, 7) is 4.78. The van der Waals surface area contributed by atoms with E-state index in [0.717, 1.165) is 24.2 Å². The monoisotopic (exact) mass is 255 g/mol. The maximum atomic E-state index is 5.11. The first kappa shape index (κ1) is 10.1. The van der Waals surface area contributed by atoms with E-state index < -0.39 is 0 Å². The normalized spacial score (nSPS) is 16.7. The molecule has 0 aromatic heterocycles. The third kappa shape index (κ3) is 2.35. The Morgan fingerprint density at radius 3 is 2.93 bits per heavy atom. The number of aryl methyl sites for hydroxylation is 1. The Labute approximate surface area is 92.8 Å². The van der Waals surface area contributed by atoms with Crippen LogP contribution in [0.4, 0.5) is 0 Å². The molecule has 1 aliphatic rings. The summed E-state index contributed by atoms with van der Waals surface area (Å²) in [5.74, 6) is 0. The van der Waals surface area contributed by atoms with Gasteiger partial charge in [0.1, 0.15) is 0 Å². The number of rotatable bonds is 3. The van der Waals surface area contributed by atoms with E-state index in [0.29, 0.717) is 6.04 Å². The molecule has 0 radical (unpaired) electrons. The zero-order chi connectivity index (χ0) is 9.97. The van der Waals surface area contributed by atoms with Gasteiger partial charge in [0.2, 0.25) is 0 Å². The molecule has 0 atom stereocenters. The molecule has 1 N–H and O–H groups in total. The van der Waals surface area contributed by atoms with Crippen molar-refractivity contribution in [1.82, 2.24) is 5.32 Å². The number of ether oxygens (including phenoxy) is 1. The van der Waals surface area contributed by atoms with Gasteiger partial charge in [-0.05, 0) is 30.2 Å². The minimum absolute atomic E-state index is 0.549. The number of benzene rings is 1. The molecular weight excluding hydrogens is 242 g/mol. The fraction of sp³-hybridized carbons (Fsp3) is 0.455. The third-order valence-electron chi connectivity index (χ3n) is 2.53.